The fourth-order valence-corrected chi connectivity index (χ4v) is 9.38. The van der Waals surface area contributed by atoms with Crippen molar-refractivity contribution >= 4 is 17.9 Å². The lowest BCUT2D eigenvalue weighted by Gasteiger charge is -2.18. The Morgan fingerprint density at radius 2 is 0.542 bits per heavy atom. The summed E-state index contributed by atoms with van der Waals surface area (Å²) in [7, 11) is 0. The van der Waals surface area contributed by atoms with Gasteiger partial charge in [-0.1, -0.05) is 307 Å². The number of carbonyl (C=O) groups excluding carboxylic acids is 3. The molecule has 0 spiro atoms. The lowest BCUT2D eigenvalue weighted by Crippen LogP contribution is -2.30. The summed E-state index contributed by atoms with van der Waals surface area (Å²) in [5.41, 5.74) is 0. The first-order chi connectivity index (χ1) is 35.5. The molecule has 72 heavy (non-hydrogen) atoms. The molecule has 0 amide bonds. The van der Waals surface area contributed by atoms with E-state index in [1.807, 2.05) is 0 Å². The molecule has 0 fully saturated rings. The third-order valence-electron chi connectivity index (χ3n) is 14.1. The maximum Gasteiger partial charge on any atom is 0.306 e. The highest BCUT2D eigenvalue weighted by atomic mass is 16.6. The van der Waals surface area contributed by atoms with E-state index < -0.39 is 6.10 Å². The predicted octanol–water partition coefficient (Wildman–Crippen LogP) is 21.4. The number of unbranched alkanes of at least 4 members (excludes halogenated alkanes) is 39. The molecule has 0 saturated heterocycles. The Morgan fingerprint density at radius 3 is 0.847 bits per heavy atom. The number of esters is 3. The zero-order valence-electron chi connectivity index (χ0n) is 48.2. The van der Waals surface area contributed by atoms with Crippen molar-refractivity contribution in [1.29, 1.82) is 0 Å². The Balaban J connectivity index is 4.19. The van der Waals surface area contributed by atoms with Crippen LogP contribution in [0.3, 0.4) is 0 Å². The molecule has 0 N–H and O–H groups in total. The van der Waals surface area contributed by atoms with E-state index in [9.17, 15) is 14.4 Å². The summed E-state index contributed by atoms with van der Waals surface area (Å²) in [5, 5.41) is 0. The summed E-state index contributed by atoms with van der Waals surface area (Å²) < 4.78 is 16.9. The van der Waals surface area contributed by atoms with E-state index in [0.717, 1.165) is 83.5 Å². The van der Waals surface area contributed by atoms with Gasteiger partial charge in [-0.25, -0.2) is 0 Å². The molecule has 0 rings (SSSR count). The molecule has 6 heteroatoms. The molecule has 1 atom stereocenters. The van der Waals surface area contributed by atoms with Gasteiger partial charge in [-0.05, 0) is 57.8 Å². The van der Waals surface area contributed by atoms with Gasteiger partial charge in [0.25, 0.3) is 0 Å². The van der Waals surface area contributed by atoms with Gasteiger partial charge in [-0.2, -0.15) is 0 Å². The van der Waals surface area contributed by atoms with Crippen LogP contribution in [-0.2, 0) is 28.6 Å². The van der Waals surface area contributed by atoms with Crippen molar-refractivity contribution in [3.63, 3.8) is 0 Å². The van der Waals surface area contributed by atoms with Crippen LogP contribution in [0.15, 0.2) is 48.6 Å². The van der Waals surface area contributed by atoms with E-state index in [2.05, 4.69) is 69.4 Å². The van der Waals surface area contributed by atoms with Crippen molar-refractivity contribution in [1.82, 2.24) is 0 Å². The van der Waals surface area contributed by atoms with Crippen molar-refractivity contribution < 1.29 is 28.6 Å². The molecule has 0 saturated carbocycles. The SMILES string of the molecule is CC/C=C\C/C=C\C/C=C\C/C=C\CCCCCCCCCCCCCCCCC(=O)OCC(COC(=O)CCCCCCCCCCCCCC)OC(=O)CCCCCCCCCCCCCCCCC. The summed E-state index contributed by atoms with van der Waals surface area (Å²) >= 11 is 0. The van der Waals surface area contributed by atoms with Crippen molar-refractivity contribution in [2.75, 3.05) is 13.2 Å². The predicted molar refractivity (Wildman–Crippen MR) is 312 cm³/mol. The standard InChI is InChI=1S/C66H120O6/c1-4-7-10-13-16-19-22-25-27-28-29-30-31-32-33-34-35-36-37-38-40-41-44-47-50-53-56-59-65(68)71-62-63(61-70-64(67)58-55-52-49-46-43-24-21-18-15-12-9-6-3)72-66(69)60-57-54-51-48-45-42-39-26-23-20-17-14-11-8-5-2/h7,10,16,19,25,27,29-30,63H,4-6,8-9,11-15,17-18,20-24,26,28,31-62H2,1-3H3/b10-7-,19-16-,27-25-,30-29-. The second kappa shape index (κ2) is 60.9. The van der Waals surface area contributed by atoms with E-state index in [0.29, 0.717) is 19.3 Å². The maximum absolute atomic E-state index is 12.9. The van der Waals surface area contributed by atoms with Crippen LogP contribution < -0.4 is 0 Å². The second-order valence-corrected chi connectivity index (χ2v) is 21.3. The summed E-state index contributed by atoms with van der Waals surface area (Å²) in [4.78, 5) is 38.2. The van der Waals surface area contributed by atoms with Crippen LogP contribution in [-0.4, -0.2) is 37.2 Å². The number of allylic oxidation sites excluding steroid dienone is 8. The summed E-state index contributed by atoms with van der Waals surface area (Å²) in [5.74, 6) is -0.845. The normalized spacial score (nSPS) is 12.3. The van der Waals surface area contributed by atoms with Gasteiger partial charge in [-0.15, -0.1) is 0 Å². The Hall–Kier alpha value is -2.63. The number of ether oxygens (including phenoxy) is 3. The number of hydrogen-bond acceptors (Lipinski definition) is 6. The van der Waals surface area contributed by atoms with E-state index in [1.165, 1.54) is 212 Å². The average Bonchev–Trinajstić information content (AvgIpc) is 3.38. The average molecular weight is 1010 g/mol. The maximum atomic E-state index is 12.9. The summed E-state index contributed by atoms with van der Waals surface area (Å²) in [6.07, 6.45) is 75.5. The summed E-state index contributed by atoms with van der Waals surface area (Å²) in [6, 6.07) is 0. The van der Waals surface area contributed by atoms with E-state index >= 15 is 0 Å². The molecule has 0 aromatic carbocycles. The molecule has 1 unspecified atom stereocenters. The highest BCUT2D eigenvalue weighted by Crippen LogP contribution is 2.17. The molecule has 0 aliphatic carbocycles. The van der Waals surface area contributed by atoms with Crippen molar-refractivity contribution in [3.8, 4) is 0 Å². The molecule has 0 aliphatic rings. The monoisotopic (exact) mass is 1010 g/mol. The lowest BCUT2D eigenvalue weighted by atomic mass is 10.0. The fraction of sp³-hybridized carbons (Fsp3) is 0.833. The van der Waals surface area contributed by atoms with E-state index in [1.54, 1.807) is 0 Å². The van der Waals surface area contributed by atoms with Crippen molar-refractivity contribution in [2.45, 2.75) is 341 Å². The third-order valence-corrected chi connectivity index (χ3v) is 14.1. The topological polar surface area (TPSA) is 78.9 Å². The molecule has 420 valence electrons. The number of hydrogen-bond donors (Lipinski definition) is 0. The van der Waals surface area contributed by atoms with Gasteiger partial charge in [0, 0.05) is 19.3 Å². The van der Waals surface area contributed by atoms with Gasteiger partial charge in [0.15, 0.2) is 6.10 Å². The zero-order chi connectivity index (χ0) is 52.2. The minimum Gasteiger partial charge on any atom is -0.462 e. The van der Waals surface area contributed by atoms with Gasteiger partial charge in [0.05, 0.1) is 0 Å². The van der Waals surface area contributed by atoms with Crippen LogP contribution in [0.1, 0.15) is 335 Å². The molecule has 0 aliphatic heterocycles. The van der Waals surface area contributed by atoms with Crippen LogP contribution in [0.2, 0.25) is 0 Å². The fourth-order valence-electron chi connectivity index (χ4n) is 9.38. The van der Waals surface area contributed by atoms with Crippen LogP contribution in [0.5, 0.6) is 0 Å². The van der Waals surface area contributed by atoms with E-state index in [-0.39, 0.29) is 31.1 Å². The molecular weight excluding hydrogens is 889 g/mol. The highest BCUT2D eigenvalue weighted by Gasteiger charge is 2.19. The van der Waals surface area contributed by atoms with Crippen LogP contribution in [0.25, 0.3) is 0 Å². The second-order valence-electron chi connectivity index (χ2n) is 21.3. The molecule has 0 heterocycles. The Bertz CT molecular complexity index is 1250. The Kier molecular flexibility index (Phi) is 58.7. The summed E-state index contributed by atoms with van der Waals surface area (Å²) in [6.45, 7) is 6.58. The minimum absolute atomic E-state index is 0.0667. The van der Waals surface area contributed by atoms with Gasteiger partial charge in [-0.3, -0.25) is 14.4 Å². The first kappa shape index (κ1) is 69.4. The van der Waals surface area contributed by atoms with Crippen LogP contribution in [0.4, 0.5) is 0 Å². The van der Waals surface area contributed by atoms with Crippen LogP contribution in [0, 0.1) is 0 Å². The molecule has 0 aromatic rings. The molecule has 0 bridgehead atoms. The largest absolute Gasteiger partial charge is 0.462 e. The quantitative estimate of drug-likeness (QED) is 0.0261. The van der Waals surface area contributed by atoms with Gasteiger partial charge >= 0.3 is 17.9 Å². The first-order valence-corrected chi connectivity index (χ1v) is 31.6. The Labute approximate surface area is 448 Å². The molecular formula is C66H120O6. The molecule has 0 aromatic heterocycles. The molecule has 0 radical (unpaired) electrons. The first-order valence-electron chi connectivity index (χ1n) is 31.6. The van der Waals surface area contributed by atoms with Gasteiger partial charge < -0.3 is 14.2 Å². The minimum atomic E-state index is -0.768. The molecule has 6 nitrogen and oxygen atoms in total. The van der Waals surface area contributed by atoms with Crippen LogP contribution >= 0.6 is 0 Å². The lowest BCUT2D eigenvalue weighted by molar-refractivity contribution is -0.167. The highest BCUT2D eigenvalue weighted by molar-refractivity contribution is 5.71. The van der Waals surface area contributed by atoms with Gasteiger partial charge in [0.2, 0.25) is 0 Å². The van der Waals surface area contributed by atoms with Gasteiger partial charge in [0.1, 0.15) is 13.2 Å². The van der Waals surface area contributed by atoms with Crippen molar-refractivity contribution in [3.05, 3.63) is 48.6 Å². The zero-order valence-corrected chi connectivity index (χ0v) is 48.2. The number of rotatable bonds is 58. The van der Waals surface area contributed by atoms with Crippen molar-refractivity contribution in [2.24, 2.45) is 0 Å². The van der Waals surface area contributed by atoms with E-state index in [4.69, 9.17) is 14.2 Å². The third kappa shape index (κ3) is 58.3. The Morgan fingerprint density at radius 1 is 0.292 bits per heavy atom. The smallest absolute Gasteiger partial charge is 0.306 e. The number of carbonyl (C=O) groups is 3.